The highest BCUT2D eigenvalue weighted by Crippen LogP contribution is 2.36. The van der Waals surface area contributed by atoms with Gasteiger partial charge in [-0.25, -0.2) is 13.6 Å². The first-order valence-electron chi connectivity index (χ1n) is 7.28. The Morgan fingerprint density at radius 2 is 1.87 bits per heavy atom. The van der Waals surface area contributed by atoms with Crippen LogP contribution in [0.25, 0.3) is 0 Å². The van der Waals surface area contributed by atoms with E-state index in [-0.39, 0.29) is 24.8 Å². The molecule has 0 aliphatic heterocycles. The number of hydroxylamine groups is 2. The molecule has 0 atom stereocenters. The van der Waals surface area contributed by atoms with Gasteiger partial charge in [-0.1, -0.05) is 18.2 Å². The molecule has 1 aromatic carbocycles. The van der Waals surface area contributed by atoms with Crippen molar-refractivity contribution in [1.82, 2.24) is 5.06 Å². The summed E-state index contributed by atoms with van der Waals surface area (Å²) in [6.07, 6.45) is -0.766. The Balaban J connectivity index is 2.02. The number of amides is 2. The van der Waals surface area contributed by atoms with Crippen LogP contribution in [0.5, 0.6) is 0 Å². The number of carbonyl (C=O) groups excluding carboxylic acids is 3. The number of hydrogen-bond acceptors (Lipinski definition) is 4. The molecule has 0 spiro atoms. The van der Waals surface area contributed by atoms with Gasteiger partial charge in [0.1, 0.15) is 0 Å². The molecular weight excluding hydrogens is 308 g/mol. The van der Waals surface area contributed by atoms with Crippen LogP contribution in [0.1, 0.15) is 41.6 Å². The highest BCUT2D eigenvalue weighted by Gasteiger charge is 2.39. The van der Waals surface area contributed by atoms with E-state index in [0.717, 1.165) is 0 Å². The first kappa shape index (κ1) is 17.1. The van der Waals surface area contributed by atoms with E-state index in [1.54, 1.807) is 25.1 Å². The van der Waals surface area contributed by atoms with Crippen LogP contribution in [0.15, 0.2) is 24.3 Å². The number of carbonyl (C=O) groups is 3. The summed E-state index contributed by atoms with van der Waals surface area (Å²) in [5, 5.41) is 0.317. The van der Waals surface area contributed by atoms with Gasteiger partial charge in [0.15, 0.2) is 0 Å². The fourth-order valence-electron chi connectivity index (χ4n) is 2.49. The molecule has 1 aromatic rings. The minimum absolute atomic E-state index is 0.0307. The van der Waals surface area contributed by atoms with Crippen molar-refractivity contribution in [3.63, 3.8) is 0 Å². The number of benzene rings is 1. The highest BCUT2D eigenvalue weighted by atomic mass is 19.3. The van der Waals surface area contributed by atoms with E-state index in [0.29, 0.717) is 10.6 Å². The van der Waals surface area contributed by atoms with Gasteiger partial charge in [-0.3, -0.25) is 9.59 Å². The Morgan fingerprint density at radius 3 is 2.43 bits per heavy atom. The zero-order valence-corrected chi connectivity index (χ0v) is 12.6. The molecule has 0 N–H and O–H groups in total. The van der Waals surface area contributed by atoms with Gasteiger partial charge in [0, 0.05) is 18.4 Å². The van der Waals surface area contributed by atoms with Crippen LogP contribution in [-0.4, -0.2) is 29.3 Å². The molecular formula is C16H17F2NO4. The topological polar surface area (TPSA) is 63.7 Å². The van der Waals surface area contributed by atoms with Gasteiger partial charge >= 0.3 is 5.97 Å². The van der Waals surface area contributed by atoms with Crippen molar-refractivity contribution in [1.29, 1.82) is 0 Å². The van der Waals surface area contributed by atoms with Crippen molar-refractivity contribution in [3.8, 4) is 0 Å². The Hall–Kier alpha value is -2.31. The van der Waals surface area contributed by atoms with Gasteiger partial charge in [-0.05, 0) is 31.4 Å². The number of aryl methyl sites for hydroxylation is 1. The third kappa shape index (κ3) is 4.12. The lowest BCUT2D eigenvalue weighted by molar-refractivity contribution is -0.187. The number of imide groups is 1. The second-order valence-electron chi connectivity index (χ2n) is 5.59. The molecule has 23 heavy (non-hydrogen) atoms. The molecule has 2 rings (SSSR count). The Labute approximate surface area is 132 Å². The van der Waals surface area contributed by atoms with Crippen LogP contribution in [0, 0.1) is 12.8 Å². The van der Waals surface area contributed by atoms with Crippen LogP contribution >= 0.6 is 0 Å². The molecule has 2 amide bonds. The summed E-state index contributed by atoms with van der Waals surface area (Å²) in [7, 11) is 0. The maximum absolute atomic E-state index is 13.1. The van der Waals surface area contributed by atoms with E-state index in [1.807, 2.05) is 0 Å². The van der Waals surface area contributed by atoms with Crippen molar-refractivity contribution in [2.75, 3.05) is 0 Å². The van der Waals surface area contributed by atoms with Gasteiger partial charge in [-0.15, -0.1) is 5.06 Å². The molecule has 1 saturated carbocycles. The SMILES string of the molecule is Cc1ccccc1C(=O)N(C=O)OC(=O)C1CCC(F)(F)CC1. The predicted molar refractivity (Wildman–Crippen MR) is 76.4 cm³/mol. The second-order valence-corrected chi connectivity index (χ2v) is 5.59. The van der Waals surface area contributed by atoms with Gasteiger partial charge in [0.25, 0.3) is 12.3 Å². The largest absolute Gasteiger partial charge is 0.336 e. The fourth-order valence-corrected chi connectivity index (χ4v) is 2.49. The zero-order valence-electron chi connectivity index (χ0n) is 12.6. The summed E-state index contributed by atoms with van der Waals surface area (Å²) in [6.45, 7) is 1.68. The zero-order chi connectivity index (χ0) is 17.0. The summed E-state index contributed by atoms with van der Waals surface area (Å²) < 4.78 is 26.2. The van der Waals surface area contributed by atoms with E-state index < -0.39 is 36.6 Å². The number of rotatable bonds is 3. The van der Waals surface area contributed by atoms with Crippen molar-refractivity contribution in [2.45, 2.75) is 38.5 Å². The molecule has 1 fully saturated rings. The molecule has 0 saturated heterocycles. The van der Waals surface area contributed by atoms with Gasteiger partial charge in [-0.2, -0.15) is 0 Å². The normalized spacial score (nSPS) is 17.3. The summed E-state index contributed by atoms with van der Waals surface area (Å²) in [5.74, 6) is -5.11. The molecule has 1 aliphatic rings. The van der Waals surface area contributed by atoms with Crippen molar-refractivity contribution in [3.05, 3.63) is 35.4 Å². The molecule has 0 radical (unpaired) electrons. The molecule has 5 nitrogen and oxygen atoms in total. The number of halogens is 2. The maximum atomic E-state index is 13.1. The summed E-state index contributed by atoms with van der Waals surface area (Å²) in [4.78, 5) is 40.1. The van der Waals surface area contributed by atoms with E-state index in [9.17, 15) is 23.2 Å². The standard InChI is InChI=1S/C16H17F2NO4/c1-11-4-2-3-5-13(11)14(21)19(10-20)23-15(22)12-6-8-16(17,18)9-7-12/h2-5,10,12H,6-9H2,1H3. The molecule has 0 aromatic heterocycles. The second kappa shape index (κ2) is 6.85. The van der Waals surface area contributed by atoms with Crippen molar-refractivity contribution < 1.29 is 28.0 Å². The van der Waals surface area contributed by atoms with Crippen LogP contribution < -0.4 is 0 Å². The smallest absolute Gasteiger partial charge is 0.330 e. The Kier molecular flexibility index (Phi) is 5.08. The maximum Gasteiger partial charge on any atom is 0.336 e. The lowest BCUT2D eigenvalue weighted by Gasteiger charge is -2.27. The van der Waals surface area contributed by atoms with Gasteiger partial charge in [0.2, 0.25) is 5.92 Å². The fraction of sp³-hybridized carbons (Fsp3) is 0.438. The molecule has 1 aliphatic carbocycles. The number of nitrogens with zero attached hydrogens (tertiary/aromatic N) is 1. The minimum atomic E-state index is -2.77. The molecule has 0 heterocycles. The summed E-state index contributed by atoms with van der Waals surface area (Å²) in [5.41, 5.74) is 0.847. The average molecular weight is 325 g/mol. The van der Waals surface area contributed by atoms with Gasteiger partial charge < -0.3 is 4.84 Å². The number of alkyl halides is 2. The van der Waals surface area contributed by atoms with E-state index in [4.69, 9.17) is 4.84 Å². The lowest BCUT2D eigenvalue weighted by atomic mass is 9.87. The quantitative estimate of drug-likeness (QED) is 0.633. The predicted octanol–water partition coefficient (Wildman–Crippen LogP) is 2.88. The van der Waals surface area contributed by atoms with Gasteiger partial charge in [0.05, 0.1) is 5.92 Å². The van der Waals surface area contributed by atoms with Crippen molar-refractivity contribution in [2.24, 2.45) is 5.92 Å². The average Bonchev–Trinajstić information content (AvgIpc) is 2.52. The monoisotopic (exact) mass is 325 g/mol. The first-order chi connectivity index (χ1) is 10.8. The molecule has 0 bridgehead atoms. The Bertz CT molecular complexity index is 608. The van der Waals surface area contributed by atoms with Crippen LogP contribution in [0.4, 0.5) is 8.78 Å². The molecule has 124 valence electrons. The van der Waals surface area contributed by atoms with Crippen molar-refractivity contribution >= 4 is 18.3 Å². The van der Waals surface area contributed by atoms with Crippen LogP contribution in [0.3, 0.4) is 0 Å². The summed E-state index contributed by atoms with van der Waals surface area (Å²) >= 11 is 0. The molecule has 0 unspecified atom stereocenters. The van der Waals surface area contributed by atoms with E-state index in [1.165, 1.54) is 6.07 Å². The highest BCUT2D eigenvalue weighted by molar-refractivity contribution is 6.00. The lowest BCUT2D eigenvalue weighted by Crippen LogP contribution is -2.37. The van der Waals surface area contributed by atoms with Crippen LogP contribution in [-0.2, 0) is 14.4 Å². The van der Waals surface area contributed by atoms with E-state index in [2.05, 4.69) is 0 Å². The number of hydrogen-bond donors (Lipinski definition) is 0. The third-order valence-corrected chi connectivity index (χ3v) is 3.91. The minimum Gasteiger partial charge on any atom is -0.330 e. The van der Waals surface area contributed by atoms with Crippen LogP contribution in [0.2, 0.25) is 0 Å². The third-order valence-electron chi connectivity index (χ3n) is 3.91. The molecule has 7 heteroatoms. The Morgan fingerprint density at radius 1 is 1.26 bits per heavy atom. The van der Waals surface area contributed by atoms with E-state index >= 15 is 0 Å². The summed E-state index contributed by atoms with van der Waals surface area (Å²) in [6, 6.07) is 6.53. The first-order valence-corrected chi connectivity index (χ1v) is 7.28.